The Kier molecular flexibility index (Phi) is 6.59. The van der Waals surface area contributed by atoms with Crippen molar-refractivity contribution in [1.82, 2.24) is 0 Å². The third-order valence-electron chi connectivity index (χ3n) is 5.39. The van der Waals surface area contributed by atoms with E-state index in [1.54, 1.807) is 42.5 Å². The van der Waals surface area contributed by atoms with E-state index in [1.165, 1.54) is 28.7 Å². The highest BCUT2D eigenvalue weighted by Gasteiger charge is 2.27. The molecule has 3 rings (SSSR count). The molecular weight excluding hydrogens is 386 g/mol. The maximum absolute atomic E-state index is 13.0. The average Bonchev–Trinajstić information content (AvgIpc) is 2.67. The van der Waals surface area contributed by atoms with Gasteiger partial charge >= 0.3 is 0 Å². The number of rotatable bonds is 6. The number of carbonyl (C=O) groups excluding carboxylic acids is 1. The molecule has 0 bridgehead atoms. The molecule has 0 aliphatic carbocycles. The topological polar surface area (TPSA) is 70.9 Å². The molecule has 29 heavy (non-hydrogen) atoms. The Hall–Kier alpha value is -2.38. The summed E-state index contributed by atoms with van der Waals surface area (Å²) >= 11 is 0. The van der Waals surface area contributed by atoms with Crippen LogP contribution in [-0.2, 0) is 14.8 Å². The van der Waals surface area contributed by atoms with Crippen molar-refractivity contribution in [3.63, 3.8) is 0 Å². The molecule has 6 nitrogen and oxygen atoms in total. The van der Waals surface area contributed by atoms with Crippen LogP contribution in [0, 0.1) is 11.8 Å². The van der Waals surface area contributed by atoms with Crippen LogP contribution in [-0.4, -0.2) is 41.0 Å². The molecule has 0 radical (unpaired) electrons. The molecule has 1 saturated heterocycles. The fraction of sp³-hybridized carbons (Fsp3) is 0.409. The van der Waals surface area contributed by atoms with Gasteiger partial charge in [-0.1, -0.05) is 38.1 Å². The van der Waals surface area contributed by atoms with Gasteiger partial charge in [0.2, 0.25) is 0 Å². The monoisotopic (exact) mass is 416 g/mol. The van der Waals surface area contributed by atoms with Crippen LogP contribution in [0.1, 0.15) is 20.3 Å². The molecular formula is C22H30N3O3S+. The summed E-state index contributed by atoms with van der Waals surface area (Å²) in [6, 6.07) is 15.3. The van der Waals surface area contributed by atoms with Gasteiger partial charge in [0.15, 0.2) is 6.54 Å². The van der Waals surface area contributed by atoms with Crippen LogP contribution in [0.2, 0.25) is 0 Å². The molecule has 1 fully saturated rings. The van der Waals surface area contributed by atoms with Crippen LogP contribution >= 0.6 is 0 Å². The fourth-order valence-corrected chi connectivity index (χ4v) is 5.41. The summed E-state index contributed by atoms with van der Waals surface area (Å²) < 4.78 is 27.2. The Labute approximate surface area is 173 Å². The van der Waals surface area contributed by atoms with E-state index >= 15 is 0 Å². The second-order valence-corrected chi connectivity index (χ2v) is 10.1. The van der Waals surface area contributed by atoms with Crippen LogP contribution in [0.3, 0.4) is 0 Å². The minimum absolute atomic E-state index is 0.0905. The van der Waals surface area contributed by atoms with E-state index in [9.17, 15) is 13.2 Å². The molecule has 2 aromatic rings. The van der Waals surface area contributed by atoms with Gasteiger partial charge in [-0.2, -0.15) is 0 Å². The van der Waals surface area contributed by atoms with Gasteiger partial charge in [0, 0.05) is 24.6 Å². The quantitative estimate of drug-likeness (QED) is 0.757. The molecule has 1 heterocycles. The molecule has 1 aliphatic heterocycles. The zero-order valence-electron chi connectivity index (χ0n) is 17.3. The lowest BCUT2D eigenvalue weighted by Gasteiger charge is -2.31. The largest absolute Gasteiger partial charge is 0.327 e. The number of sulfonamides is 1. The van der Waals surface area contributed by atoms with E-state index < -0.39 is 10.0 Å². The van der Waals surface area contributed by atoms with Crippen LogP contribution in [0.25, 0.3) is 0 Å². The Morgan fingerprint density at radius 3 is 2.38 bits per heavy atom. The van der Waals surface area contributed by atoms with Crippen molar-refractivity contribution in [3.05, 3.63) is 54.6 Å². The summed E-state index contributed by atoms with van der Waals surface area (Å²) in [4.78, 5) is 13.9. The predicted molar refractivity (Wildman–Crippen MR) is 116 cm³/mol. The molecule has 2 N–H and O–H groups in total. The first kappa shape index (κ1) is 21.3. The number of nitrogens with zero attached hydrogens (tertiary/aromatic N) is 1. The third-order valence-corrected chi connectivity index (χ3v) is 7.17. The highest BCUT2D eigenvalue weighted by Crippen LogP contribution is 2.23. The minimum atomic E-state index is -3.72. The first-order valence-electron chi connectivity index (χ1n) is 10.0. The van der Waals surface area contributed by atoms with Crippen molar-refractivity contribution in [2.24, 2.45) is 11.8 Å². The predicted octanol–water partition coefficient (Wildman–Crippen LogP) is 2.01. The highest BCUT2D eigenvalue weighted by molar-refractivity contribution is 7.92. The first-order valence-corrected chi connectivity index (χ1v) is 11.5. The van der Waals surface area contributed by atoms with E-state index in [4.69, 9.17) is 0 Å². The van der Waals surface area contributed by atoms with E-state index in [2.05, 4.69) is 19.2 Å². The molecule has 156 valence electrons. The van der Waals surface area contributed by atoms with Crippen LogP contribution < -0.4 is 14.5 Å². The van der Waals surface area contributed by atoms with Crippen molar-refractivity contribution < 1.29 is 18.1 Å². The van der Waals surface area contributed by atoms with Gasteiger partial charge in [-0.05, 0) is 36.8 Å². The van der Waals surface area contributed by atoms with Gasteiger partial charge in [0.25, 0.3) is 15.9 Å². The van der Waals surface area contributed by atoms with E-state index in [0.717, 1.165) is 13.1 Å². The molecule has 1 aliphatic rings. The summed E-state index contributed by atoms with van der Waals surface area (Å²) in [6.07, 6.45) is 1.21. The van der Waals surface area contributed by atoms with Crippen molar-refractivity contribution >= 4 is 27.3 Å². The van der Waals surface area contributed by atoms with Gasteiger partial charge in [-0.3, -0.25) is 9.10 Å². The maximum Gasteiger partial charge on any atom is 0.279 e. The molecule has 0 saturated carbocycles. The number of hydrogen-bond acceptors (Lipinski definition) is 3. The highest BCUT2D eigenvalue weighted by atomic mass is 32.2. The maximum atomic E-state index is 13.0. The number of carbonyl (C=O) groups is 1. The second-order valence-electron chi connectivity index (χ2n) is 8.17. The third kappa shape index (κ3) is 5.36. The smallest absolute Gasteiger partial charge is 0.279 e. The minimum Gasteiger partial charge on any atom is -0.327 e. The number of para-hydroxylation sites is 1. The summed E-state index contributed by atoms with van der Waals surface area (Å²) in [7, 11) is -2.19. The van der Waals surface area contributed by atoms with Gasteiger partial charge in [0.05, 0.1) is 23.7 Å². The number of amides is 1. The number of nitrogens with one attached hydrogen (secondary N) is 2. The lowest BCUT2D eigenvalue weighted by Crippen LogP contribution is -3.15. The van der Waals surface area contributed by atoms with Crippen molar-refractivity contribution in [2.45, 2.75) is 25.2 Å². The van der Waals surface area contributed by atoms with Crippen LogP contribution in [0.4, 0.5) is 11.4 Å². The van der Waals surface area contributed by atoms with Crippen molar-refractivity contribution in [1.29, 1.82) is 0 Å². The zero-order valence-corrected chi connectivity index (χ0v) is 18.1. The Morgan fingerprint density at radius 2 is 1.72 bits per heavy atom. The van der Waals surface area contributed by atoms with Gasteiger partial charge in [-0.15, -0.1) is 0 Å². The number of anilines is 2. The first-order chi connectivity index (χ1) is 13.8. The molecule has 1 amide bonds. The lowest BCUT2D eigenvalue weighted by atomic mass is 9.92. The van der Waals surface area contributed by atoms with E-state index in [1.807, 2.05) is 6.07 Å². The normalized spacial score (nSPS) is 22.1. The summed E-state index contributed by atoms with van der Waals surface area (Å²) in [5, 5.41) is 2.87. The van der Waals surface area contributed by atoms with E-state index in [-0.39, 0.29) is 10.8 Å². The Balaban J connectivity index is 1.70. The number of benzene rings is 2. The Bertz CT molecular complexity index is 937. The fourth-order valence-electron chi connectivity index (χ4n) is 4.17. The number of hydrogen-bond donors (Lipinski definition) is 2. The molecule has 0 unspecified atom stereocenters. The number of piperidine rings is 1. The summed E-state index contributed by atoms with van der Waals surface area (Å²) in [6.45, 7) is 6.84. The standard InChI is InChI=1S/C22H29N3O3S/c1-17-12-18(2)15-25(14-17)16-22(26)23-19-8-7-11-21(13-19)29(27,28)24(3)20-9-5-4-6-10-20/h4-11,13,17-18H,12,14-16H2,1-3H3,(H,23,26)/p+1/t17-,18-/m1/s1. The summed E-state index contributed by atoms with van der Waals surface area (Å²) in [5.41, 5.74) is 1.08. The van der Waals surface area contributed by atoms with Gasteiger partial charge in [0.1, 0.15) is 0 Å². The van der Waals surface area contributed by atoms with E-state index in [0.29, 0.717) is 29.8 Å². The lowest BCUT2D eigenvalue weighted by molar-refractivity contribution is -0.904. The van der Waals surface area contributed by atoms with Gasteiger partial charge in [-0.25, -0.2) is 8.42 Å². The number of quaternary nitrogens is 1. The Morgan fingerprint density at radius 1 is 1.07 bits per heavy atom. The molecule has 2 aromatic carbocycles. The van der Waals surface area contributed by atoms with Crippen molar-refractivity contribution in [2.75, 3.05) is 36.3 Å². The molecule has 2 atom stereocenters. The molecule has 0 spiro atoms. The molecule has 7 heteroatoms. The van der Waals surface area contributed by atoms with Crippen LogP contribution in [0.15, 0.2) is 59.5 Å². The summed E-state index contributed by atoms with van der Waals surface area (Å²) in [5.74, 6) is 1.14. The SMILES string of the molecule is C[C@@H]1C[C@@H](C)C[NH+](CC(=O)Nc2cccc(S(=O)(=O)N(C)c3ccccc3)c2)C1. The second kappa shape index (κ2) is 8.97. The van der Waals surface area contributed by atoms with Crippen molar-refractivity contribution in [3.8, 4) is 0 Å². The van der Waals surface area contributed by atoms with Crippen LogP contribution in [0.5, 0.6) is 0 Å². The zero-order chi connectivity index (χ0) is 21.0. The average molecular weight is 417 g/mol. The number of likely N-dealkylation sites (tertiary alicyclic amines) is 1. The molecule has 0 aromatic heterocycles. The van der Waals surface area contributed by atoms with Gasteiger partial charge < -0.3 is 10.2 Å².